The Hall–Kier alpha value is -2.58. The van der Waals surface area contributed by atoms with Gasteiger partial charge in [-0.1, -0.05) is 12.1 Å². The van der Waals surface area contributed by atoms with E-state index < -0.39 is 10.0 Å². The molecule has 0 fully saturated rings. The maximum absolute atomic E-state index is 12.6. The molecule has 1 atom stereocenters. The van der Waals surface area contributed by atoms with Crippen molar-refractivity contribution in [2.24, 2.45) is 0 Å². The molecule has 0 aliphatic carbocycles. The van der Waals surface area contributed by atoms with Crippen LogP contribution in [0.5, 0.6) is 11.5 Å². The minimum atomic E-state index is -3.70. The van der Waals surface area contributed by atoms with Crippen LogP contribution in [0, 0.1) is 0 Å². The predicted molar refractivity (Wildman–Crippen MR) is 97.0 cm³/mol. The fourth-order valence-corrected chi connectivity index (χ4v) is 4.06. The molecule has 2 aromatic carbocycles. The van der Waals surface area contributed by atoms with E-state index in [0.29, 0.717) is 23.6 Å². The van der Waals surface area contributed by atoms with Gasteiger partial charge in [0.15, 0.2) is 11.5 Å². The zero-order valence-corrected chi connectivity index (χ0v) is 15.3. The molecular weight excluding hydrogens is 356 g/mol. The smallest absolute Gasteiger partial charge is 0.240 e. The molecule has 1 heterocycles. The highest BCUT2D eigenvalue weighted by atomic mass is 32.2. The zero-order chi connectivity index (χ0) is 18.7. The van der Waals surface area contributed by atoms with Gasteiger partial charge in [-0.3, -0.25) is 4.79 Å². The second kappa shape index (κ2) is 7.35. The molecule has 138 valence electrons. The molecule has 1 amide bonds. The Morgan fingerprint density at radius 2 is 1.92 bits per heavy atom. The number of anilines is 1. The molecule has 0 saturated carbocycles. The first-order valence-corrected chi connectivity index (χ1v) is 9.56. The molecule has 1 unspecified atom stereocenters. The summed E-state index contributed by atoms with van der Waals surface area (Å²) < 4.78 is 38.8. The number of rotatable bonds is 5. The fraction of sp³-hybridized carbons (Fsp3) is 0.278. The molecule has 2 N–H and O–H groups in total. The minimum absolute atomic E-state index is 0.128. The third-order valence-corrected chi connectivity index (χ3v) is 5.52. The predicted octanol–water partition coefficient (Wildman–Crippen LogP) is 1.94. The largest absolute Gasteiger partial charge is 0.493 e. The van der Waals surface area contributed by atoms with E-state index in [4.69, 9.17) is 9.47 Å². The third kappa shape index (κ3) is 3.97. The Morgan fingerprint density at radius 1 is 1.19 bits per heavy atom. The number of ether oxygens (including phenoxy) is 2. The van der Waals surface area contributed by atoms with Gasteiger partial charge in [0.1, 0.15) is 6.61 Å². The molecule has 2 aromatic rings. The first-order valence-electron chi connectivity index (χ1n) is 8.07. The summed E-state index contributed by atoms with van der Waals surface area (Å²) >= 11 is 0. The lowest BCUT2D eigenvalue weighted by molar-refractivity contribution is -0.114. The fourth-order valence-electron chi connectivity index (χ4n) is 2.84. The number of sulfonamides is 1. The van der Waals surface area contributed by atoms with Crippen molar-refractivity contribution in [2.75, 3.05) is 19.0 Å². The van der Waals surface area contributed by atoms with Crippen molar-refractivity contribution in [3.63, 3.8) is 0 Å². The van der Waals surface area contributed by atoms with Gasteiger partial charge < -0.3 is 14.8 Å². The Balaban J connectivity index is 1.73. The van der Waals surface area contributed by atoms with Crippen LogP contribution in [0.3, 0.4) is 0 Å². The van der Waals surface area contributed by atoms with Gasteiger partial charge in [0, 0.05) is 12.6 Å². The van der Waals surface area contributed by atoms with Crippen molar-refractivity contribution in [3.05, 3.63) is 48.0 Å². The summed E-state index contributed by atoms with van der Waals surface area (Å²) in [6, 6.07) is 11.2. The van der Waals surface area contributed by atoms with Crippen LogP contribution in [0.2, 0.25) is 0 Å². The van der Waals surface area contributed by atoms with E-state index in [1.165, 1.54) is 19.1 Å². The zero-order valence-electron chi connectivity index (χ0n) is 14.5. The van der Waals surface area contributed by atoms with Crippen molar-refractivity contribution >= 4 is 21.6 Å². The molecule has 0 radical (unpaired) electrons. The highest BCUT2D eigenvalue weighted by molar-refractivity contribution is 7.89. The molecule has 3 rings (SSSR count). The van der Waals surface area contributed by atoms with Crippen LogP contribution in [-0.4, -0.2) is 34.1 Å². The Kier molecular flexibility index (Phi) is 5.15. The molecule has 0 spiro atoms. The van der Waals surface area contributed by atoms with Gasteiger partial charge in [0.05, 0.1) is 18.0 Å². The molecule has 1 aliphatic heterocycles. The standard InChI is InChI=1S/C18H20N2O5S/c1-12(21)19-14-6-8-16(9-7-14)26(22,23)20-15-10-13-4-3-5-17(24-2)18(13)25-11-15/h3-9,15,20H,10-11H2,1-2H3,(H,19,21). The van der Waals surface area contributed by atoms with Crippen molar-refractivity contribution in [1.29, 1.82) is 0 Å². The summed E-state index contributed by atoms with van der Waals surface area (Å²) in [6.45, 7) is 1.61. The van der Waals surface area contributed by atoms with Gasteiger partial charge >= 0.3 is 0 Å². The average molecular weight is 376 g/mol. The van der Waals surface area contributed by atoms with E-state index in [-0.39, 0.29) is 23.5 Å². The van der Waals surface area contributed by atoms with Crippen LogP contribution in [0.4, 0.5) is 5.69 Å². The Labute approximate surface area is 152 Å². The third-order valence-electron chi connectivity index (χ3n) is 3.98. The van der Waals surface area contributed by atoms with Crippen LogP contribution >= 0.6 is 0 Å². The van der Waals surface area contributed by atoms with Crippen molar-refractivity contribution < 1.29 is 22.7 Å². The van der Waals surface area contributed by atoms with Gasteiger partial charge in [-0.2, -0.15) is 0 Å². The van der Waals surface area contributed by atoms with Gasteiger partial charge in [0.25, 0.3) is 0 Å². The Morgan fingerprint density at radius 3 is 2.58 bits per heavy atom. The van der Waals surface area contributed by atoms with Crippen LogP contribution in [0.1, 0.15) is 12.5 Å². The highest BCUT2D eigenvalue weighted by Gasteiger charge is 2.27. The lowest BCUT2D eigenvalue weighted by Gasteiger charge is -2.27. The number of para-hydroxylation sites is 1. The molecule has 0 aromatic heterocycles. The number of methoxy groups -OCH3 is 1. The van der Waals surface area contributed by atoms with Crippen LogP contribution in [0.25, 0.3) is 0 Å². The quantitative estimate of drug-likeness (QED) is 0.832. The highest BCUT2D eigenvalue weighted by Crippen LogP contribution is 2.34. The van der Waals surface area contributed by atoms with Crippen molar-refractivity contribution in [1.82, 2.24) is 4.72 Å². The average Bonchev–Trinajstić information content (AvgIpc) is 2.60. The number of nitrogens with one attached hydrogen (secondary N) is 2. The molecule has 8 heteroatoms. The SMILES string of the molecule is COc1cccc2c1OCC(NS(=O)(=O)c1ccc(NC(C)=O)cc1)C2. The van der Waals surface area contributed by atoms with Gasteiger partial charge in [-0.05, 0) is 42.3 Å². The normalized spacial score (nSPS) is 16.3. The van der Waals surface area contributed by atoms with Crippen LogP contribution < -0.4 is 19.5 Å². The summed E-state index contributed by atoms with van der Waals surface area (Å²) in [5.41, 5.74) is 1.43. The van der Waals surface area contributed by atoms with Gasteiger partial charge in [-0.25, -0.2) is 13.1 Å². The molecule has 0 bridgehead atoms. The van der Waals surface area contributed by atoms with E-state index in [1.807, 2.05) is 12.1 Å². The molecular formula is C18H20N2O5S. The van der Waals surface area contributed by atoms with E-state index in [2.05, 4.69) is 10.0 Å². The molecule has 0 saturated heterocycles. The van der Waals surface area contributed by atoms with E-state index in [9.17, 15) is 13.2 Å². The maximum atomic E-state index is 12.6. The van der Waals surface area contributed by atoms with Crippen molar-refractivity contribution in [2.45, 2.75) is 24.3 Å². The summed E-state index contributed by atoms with van der Waals surface area (Å²) in [5.74, 6) is 1.08. The number of hydrogen-bond acceptors (Lipinski definition) is 5. The van der Waals surface area contributed by atoms with Gasteiger partial charge in [-0.15, -0.1) is 0 Å². The number of amides is 1. The lowest BCUT2D eigenvalue weighted by atomic mass is 10.0. The number of carbonyl (C=O) groups is 1. The number of carbonyl (C=O) groups excluding carboxylic acids is 1. The number of hydrogen-bond donors (Lipinski definition) is 2. The van der Waals surface area contributed by atoms with E-state index in [0.717, 1.165) is 5.56 Å². The second-order valence-corrected chi connectivity index (χ2v) is 7.70. The molecule has 26 heavy (non-hydrogen) atoms. The summed E-state index contributed by atoms with van der Waals surface area (Å²) in [5, 5.41) is 2.60. The summed E-state index contributed by atoms with van der Waals surface area (Å²) in [6.07, 6.45) is 0.510. The first kappa shape index (κ1) is 18.2. The van der Waals surface area contributed by atoms with E-state index >= 15 is 0 Å². The Bertz CT molecular complexity index is 910. The number of benzene rings is 2. The topological polar surface area (TPSA) is 93.7 Å². The minimum Gasteiger partial charge on any atom is -0.493 e. The van der Waals surface area contributed by atoms with Crippen LogP contribution in [0.15, 0.2) is 47.4 Å². The van der Waals surface area contributed by atoms with E-state index in [1.54, 1.807) is 25.3 Å². The molecule has 7 nitrogen and oxygen atoms in total. The van der Waals surface area contributed by atoms with Crippen molar-refractivity contribution in [3.8, 4) is 11.5 Å². The second-order valence-electron chi connectivity index (χ2n) is 5.99. The first-order chi connectivity index (χ1) is 12.4. The van der Waals surface area contributed by atoms with Gasteiger partial charge in [0.2, 0.25) is 15.9 Å². The maximum Gasteiger partial charge on any atom is 0.240 e. The summed E-state index contributed by atoms with van der Waals surface area (Å²) in [4.78, 5) is 11.2. The lowest BCUT2D eigenvalue weighted by Crippen LogP contribution is -2.42. The monoisotopic (exact) mass is 376 g/mol. The van der Waals surface area contributed by atoms with Crippen LogP contribution in [-0.2, 0) is 21.2 Å². The molecule has 1 aliphatic rings. The summed E-state index contributed by atoms with van der Waals surface area (Å²) in [7, 11) is -2.13. The number of fused-ring (bicyclic) bond motifs is 1.